The largest absolute Gasteiger partial charge is 0.361 e. The Hall–Kier alpha value is -1.36. The second-order valence-electron chi connectivity index (χ2n) is 7.68. The first kappa shape index (κ1) is 17.1. The summed E-state index contributed by atoms with van der Waals surface area (Å²) in [5, 5.41) is 1.35. The number of rotatable bonds is 5. The second-order valence-corrected chi connectivity index (χ2v) is 7.68. The van der Waals surface area contributed by atoms with E-state index in [2.05, 4.69) is 54.2 Å². The lowest BCUT2D eigenvalue weighted by Gasteiger charge is -2.45. The number of para-hydroxylation sites is 1. The van der Waals surface area contributed by atoms with Gasteiger partial charge in [-0.1, -0.05) is 31.5 Å². The molecule has 4 nitrogen and oxygen atoms in total. The number of aromatic amines is 1. The monoisotopic (exact) mass is 342 g/mol. The van der Waals surface area contributed by atoms with Crippen molar-refractivity contribution in [3.8, 4) is 0 Å². The van der Waals surface area contributed by atoms with Gasteiger partial charge in [0.1, 0.15) is 0 Å². The summed E-state index contributed by atoms with van der Waals surface area (Å²) < 4.78 is 12.0. The highest BCUT2D eigenvalue weighted by atomic mass is 16.7. The van der Waals surface area contributed by atoms with Gasteiger partial charge in [0.15, 0.2) is 5.79 Å². The molecule has 4 heteroatoms. The normalized spacial score (nSPS) is 27.1. The summed E-state index contributed by atoms with van der Waals surface area (Å²) in [6.45, 7) is 8.11. The van der Waals surface area contributed by atoms with Gasteiger partial charge < -0.3 is 14.5 Å². The van der Waals surface area contributed by atoms with E-state index >= 15 is 0 Å². The molecule has 136 valence electrons. The number of hydrogen-bond donors (Lipinski definition) is 1. The molecular weight excluding hydrogens is 312 g/mol. The Morgan fingerprint density at radius 1 is 1.20 bits per heavy atom. The van der Waals surface area contributed by atoms with Crippen LogP contribution in [-0.2, 0) is 15.9 Å². The number of piperidine rings is 1. The molecule has 2 atom stereocenters. The highest BCUT2D eigenvalue weighted by molar-refractivity contribution is 5.83. The molecule has 0 spiro atoms. The lowest BCUT2D eigenvalue weighted by atomic mass is 9.87. The Bertz CT molecular complexity index is 705. The Balaban J connectivity index is 1.50. The van der Waals surface area contributed by atoms with E-state index in [1.165, 1.54) is 35.7 Å². The summed E-state index contributed by atoms with van der Waals surface area (Å²) in [6.07, 6.45) is 6.95. The first-order chi connectivity index (χ1) is 12.2. The molecule has 25 heavy (non-hydrogen) atoms. The molecule has 0 bridgehead atoms. The SMILES string of the molecule is CC[C@@H]1CC[C@H](C2(C)OCCO2)N(CCc2c[nH]c3ccccc23)C1. The van der Waals surface area contributed by atoms with Crippen LogP contribution in [0.1, 0.15) is 38.7 Å². The van der Waals surface area contributed by atoms with Gasteiger partial charge in [-0.25, -0.2) is 0 Å². The fourth-order valence-corrected chi connectivity index (χ4v) is 4.63. The first-order valence-electron chi connectivity index (χ1n) is 9.76. The van der Waals surface area contributed by atoms with Crippen molar-refractivity contribution in [1.82, 2.24) is 9.88 Å². The molecule has 0 unspecified atom stereocenters. The third-order valence-electron chi connectivity index (χ3n) is 6.17. The molecule has 0 aliphatic carbocycles. The predicted molar refractivity (Wildman–Crippen MR) is 101 cm³/mol. The van der Waals surface area contributed by atoms with E-state index in [0.717, 1.165) is 38.6 Å². The van der Waals surface area contributed by atoms with Crippen LogP contribution in [0.15, 0.2) is 30.5 Å². The number of nitrogens with zero attached hydrogens (tertiary/aromatic N) is 1. The summed E-state index contributed by atoms with van der Waals surface area (Å²) in [6, 6.07) is 8.94. The highest BCUT2D eigenvalue weighted by Crippen LogP contribution is 2.35. The third-order valence-corrected chi connectivity index (χ3v) is 6.17. The molecule has 2 aliphatic rings. The molecule has 1 aromatic carbocycles. The molecule has 2 fully saturated rings. The van der Waals surface area contributed by atoms with Crippen molar-refractivity contribution >= 4 is 10.9 Å². The number of ether oxygens (including phenoxy) is 2. The van der Waals surface area contributed by atoms with Crippen LogP contribution in [0.2, 0.25) is 0 Å². The Morgan fingerprint density at radius 3 is 2.80 bits per heavy atom. The van der Waals surface area contributed by atoms with Crippen molar-refractivity contribution in [2.24, 2.45) is 5.92 Å². The van der Waals surface area contributed by atoms with Gasteiger partial charge in [-0.15, -0.1) is 0 Å². The number of fused-ring (bicyclic) bond motifs is 1. The quantitative estimate of drug-likeness (QED) is 0.893. The zero-order valence-corrected chi connectivity index (χ0v) is 15.5. The lowest BCUT2D eigenvalue weighted by molar-refractivity contribution is -0.198. The maximum Gasteiger partial charge on any atom is 0.181 e. The van der Waals surface area contributed by atoms with Crippen LogP contribution in [-0.4, -0.2) is 48.0 Å². The van der Waals surface area contributed by atoms with Crippen LogP contribution in [0, 0.1) is 5.92 Å². The first-order valence-corrected chi connectivity index (χ1v) is 9.76. The van der Waals surface area contributed by atoms with E-state index in [9.17, 15) is 0 Å². The average Bonchev–Trinajstić information content (AvgIpc) is 3.27. The Kier molecular flexibility index (Phi) is 4.85. The van der Waals surface area contributed by atoms with E-state index in [-0.39, 0.29) is 0 Å². The van der Waals surface area contributed by atoms with E-state index in [1.807, 2.05) is 0 Å². The van der Waals surface area contributed by atoms with Gasteiger partial charge in [-0.3, -0.25) is 4.90 Å². The third kappa shape index (κ3) is 3.35. The molecule has 2 saturated heterocycles. The van der Waals surface area contributed by atoms with Gasteiger partial charge in [-0.05, 0) is 43.7 Å². The highest BCUT2D eigenvalue weighted by Gasteiger charge is 2.45. The maximum absolute atomic E-state index is 6.02. The fourth-order valence-electron chi connectivity index (χ4n) is 4.63. The number of benzene rings is 1. The fraction of sp³-hybridized carbons (Fsp3) is 0.619. The van der Waals surface area contributed by atoms with Gasteiger partial charge in [0.25, 0.3) is 0 Å². The van der Waals surface area contributed by atoms with Crippen LogP contribution >= 0.6 is 0 Å². The van der Waals surface area contributed by atoms with E-state index < -0.39 is 5.79 Å². The smallest absolute Gasteiger partial charge is 0.181 e. The molecule has 0 amide bonds. The van der Waals surface area contributed by atoms with Crippen LogP contribution in [0.3, 0.4) is 0 Å². The van der Waals surface area contributed by atoms with Gasteiger partial charge in [0.2, 0.25) is 0 Å². The minimum absolute atomic E-state index is 0.364. The molecule has 1 aromatic heterocycles. The molecule has 2 aromatic rings. The number of H-pyrrole nitrogens is 1. The zero-order valence-electron chi connectivity index (χ0n) is 15.5. The van der Waals surface area contributed by atoms with Crippen LogP contribution in [0.25, 0.3) is 10.9 Å². The van der Waals surface area contributed by atoms with Crippen molar-refractivity contribution in [3.63, 3.8) is 0 Å². The Labute approximate surface area is 150 Å². The zero-order chi connectivity index (χ0) is 17.3. The number of nitrogens with one attached hydrogen (secondary N) is 1. The molecule has 1 N–H and O–H groups in total. The van der Waals surface area contributed by atoms with Gasteiger partial charge in [-0.2, -0.15) is 0 Å². The minimum atomic E-state index is -0.432. The van der Waals surface area contributed by atoms with Crippen LogP contribution in [0.5, 0.6) is 0 Å². The van der Waals surface area contributed by atoms with Gasteiger partial charge in [0.05, 0.1) is 19.3 Å². The van der Waals surface area contributed by atoms with E-state index in [4.69, 9.17) is 9.47 Å². The molecule has 2 aliphatic heterocycles. The summed E-state index contributed by atoms with van der Waals surface area (Å²) in [7, 11) is 0. The minimum Gasteiger partial charge on any atom is -0.361 e. The summed E-state index contributed by atoms with van der Waals surface area (Å²) >= 11 is 0. The van der Waals surface area contributed by atoms with Crippen molar-refractivity contribution in [1.29, 1.82) is 0 Å². The van der Waals surface area contributed by atoms with Crippen LogP contribution in [0.4, 0.5) is 0 Å². The average molecular weight is 342 g/mol. The summed E-state index contributed by atoms with van der Waals surface area (Å²) in [5.41, 5.74) is 2.64. The number of hydrogen-bond acceptors (Lipinski definition) is 3. The second kappa shape index (κ2) is 7.10. The summed E-state index contributed by atoms with van der Waals surface area (Å²) in [5.74, 6) is 0.364. The molecule has 4 rings (SSSR count). The standard InChI is InChI=1S/C21H30N2O2/c1-3-16-8-9-20(21(2)24-12-13-25-21)23(15-16)11-10-17-14-22-19-7-5-4-6-18(17)19/h4-7,14,16,20,22H,3,8-13,15H2,1-2H3/t16-,20-/m1/s1. The molecule has 0 radical (unpaired) electrons. The van der Waals surface area contributed by atoms with E-state index in [0.29, 0.717) is 6.04 Å². The molecule has 0 saturated carbocycles. The lowest BCUT2D eigenvalue weighted by Crippen LogP contribution is -2.56. The number of likely N-dealkylation sites (tertiary alicyclic amines) is 1. The predicted octanol–water partition coefficient (Wildman–Crippen LogP) is 3.96. The van der Waals surface area contributed by atoms with Crippen LogP contribution < -0.4 is 0 Å². The molecular formula is C21H30N2O2. The molecule has 3 heterocycles. The van der Waals surface area contributed by atoms with Gasteiger partial charge >= 0.3 is 0 Å². The Morgan fingerprint density at radius 2 is 2.00 bits per heavy atom. The van der Waals surface area contributed by atoms with Crippen molar-refractivity contribution < 1.29 is 9.47 Å². The summed E-state index contributed by atoms with van der Waals surface area (Å²) in [4.78, 5) is 6.03. The van der Waals surface area contributed by atoms with Crippen molar-refractivity contribution in [2.45, 2.75) is 51.4 Å². The maximum atomic E-state index is 6.02. The topological polar surface area (TPSA) is 37.5 Å². The van der Waals surface area contributed by atoms with Gasteiger partial charge in [0, 0.05) is 30.2 Å². The van der Waals surface area contributed by atoms with E-state index in [1.54, 1.807) is 0 Å². The van der Waals surface area contributed by atoms with Crippen molar-refractivity contribution in [2.75, 3.05) is 26.3 Å². The number of aromatic nitrogens is 1. The van der Waals surface area contributed by atoms with Crippen molar-refractivity contribution in [3.05, 3.63) is 36.0 Å².